The van der Waals surface area contributed by atoms with Crippen molar-refractivity contribution in [1.82, 2.24) is 10.1 Å². The fourth-order valence-electron chi connectivity index (χ4n) is 3.59. The Hall–Kier alpha value is -1.36. The number of aryl methyl sites for hydroxylation is 1. The molecule has 1 unspecified atom stereocenters. The summed E-state index contributed by atoms with van der Waals surface area (Å²) in [5.41, 5.74) is 2.39. The van der Waals surface area contributed by atoms with E-state index in [0.29, 0.717) is 5.92 Å². The van der Waals surface area contributed by atoms with E-state index < -0.39 is 5.97 Å². The van der Waals surface area contributed by atoms with E-state index in [1.54, 1.807) is 0 Å². The lowest BCUT2D eigenvalue weighted by Crippen LogP contribution is -2.37. The molecule has 1 aromatic rings. The number of hydrogen-bond donors (Lipinski definition) is 1. The van der Waals surface area contributed by atoms with Gasteiger partial charge in [-0.1, -0.05) is 5.16 Å². The van der Waals surface area contributed by atoms with E-state index in [4.69, 9.17) is 9.63 Å². The van der Waals surface area contributed by atoms with Gasteiger partial charge in [0, 0.05) is 36.5 Å². The molecule has 116 valence electrons. The molecular weight excluding hydrogens is 268 g/mol. The topological polar surface area (TPSA) is 66.6 Å². The van der Waals surface area contributed by atoms with Crippen molar-refractivity contribution in [2.24, 2.45) is 5.92 Å². The molecule has 0 spiro atoms. The van der Waals surface area contributed by atoms with Crippen LogP contribution in [0, 0.1) is 12.8 Å². The molecule has 0 amide bonds. The van der Waals surface area contributed by atoms with Crippen LogP contribution in [0.4, 0.5) is 0 Å². The largest absolute Gasteiger partial charge is 0.481 e. The van der Waals surface area contributed by atoms with Gasteiger partial charge < -0.3 is 9.63 Å². The molecule has 1 aromatic heterocycles. The molecule has 1 aliphatic carbocycles. The van der Waals surface area contributed by atoms with Crippen LogP contribution in [0.3, 0.4) is 0 Å². The maximum absolute atomic E-state index is 11.0. The monoisotopic (exact) mass is 292 g/mol. The molecule has 0 bridgehead atoms. The molecular formula is C16H24N2O3. The van der Waals surface area contributed by atoms with E-state index in [1.807, 2.05) is 6.92 Å². The van der Waals surface area contributed by atoms with Crippen molar-refractivity contribution in [3.8, 4) is 0 Å². The molecule has 21 heavy (non-hydrogen) atoms. The van der Waals surface area contributed by atoms with Crippen molar-refractivity contribution in [2.75, 3.05) is 6.54 Å². The zero-order valence-electron chi connectivity index (χ0n) is 13.1. The molecule has 2 heterocycles. The van der Waals surface area contributed by atoms with Crippen LogP contribution in [0.15, 0.2) is 4.52 Å². The summed E-state index contributed by atoms with van der Waals surface area (Å²) in [4.78, 5) is 13.3. The maximum atomic E-state index is 11.0. The third kappa shape index (κ3) is 2.98. The standard InChI is InChI=1S/C16H24N2O3/c1-10-13(15(17-21-10)12-4-5-12)9-18-8-11(6-14(19)20)7-16(18,2)3/h11-12H,4-9H2,1-3H3,(H,19,20). The molecule has 5 nitrogen and oxygen atoms in total. The predicted molar refractivity (Wildman–Crippen MR) is 78.1 cm³/mol. The van der Waals surface area contributed by atoms with Gasteiger partial charge in [0.15, 0.2) is 0 Å². The van der Waals surface area contributed by atoms with Gasteiger partial charge >= 0.3 is 5.97 Å². The number of rotatable bonds is 5. The quantitative estimate of drug-likeness (QED) is 0.903. The van der Waals surface area contributed by atoms with E-state index in [1.165, 1.54) is 18.4 Å². The lowest BCUT2D eigenvalue weighted by molar-refractivity contribution is -0.138. The Balaban J connectivity index is 1.75. The Bertz CT molecular complexity index is 546. The summed E-state index contributed by atoms with van der Waals surface area (Å²) < 4.78 is 5.40. The Morgan fingerprint density at radius 1 is 1.48 bits per heavy atom. The van der Waals surface area contributed by atoms with Gasteiger partial charge in [0.25, 0.3) is 0 Å². The van der Waals surface area contributed by atoms with Crippen LogP contribution in [0.2, 0.25) is 0 Å². The fourth-order valence-corrected chi connectivity index (χ4v) is 3.59. The number of carboxylic acid groups (broad SMARTS) is 1. The minimum atomic E-state index is -0.697. The first kappa shape index (κ1) is 14.6. The molecule has 2 aliphatic rings. The lowest BCUT2D eigenvalue weighted by Gasteiger charge is -2.31. The second-order valence-corrected chi connectivity index (χ2v) is 7.24. The SMILES string of the molecule is Cc1onc(C2CC2)c1CN1CC(CC(=O)O)CC1(C)C. The first-order valence-electron chi connectivity index (χ1n) is 7.78. The second-order valence-electron chi connectivity index (χ2n) is 7.24. The van der Waals surface area contributed by atoms with Gasteiger partial charge in [0.2, 0.25) is 0 Å². The van der Waals surface area contributed by atoms with Gasteiger partial charge in [-0.05, 0) is 46.0 Å². The first-order chi connectivity index (χ1) is 9.87. The number of likely N-dealkylation sites (tertiary alicyclic amines) is 1. The van der Waals surface area contributed by atoms with Gasteiger partial charge in [-0.2, -0.15) is 0 Å². The number of nitrogens with zero attached hydrogens (tertiary/aromatic N) is 2. The van der Waals surface area contributed by atoms with Crippen LogP contribution in [0.1, 0.15) is 62.5 Å². The van der Waals surface area contributed by atoms with E-state index in [0.717, 1.165) is 31.0 Å². The fraction of sp³-hybridized carbons (Fsp3) is 0.750. The normalized spacial score (nSPS) is 25.4. The minimum absolute atomic E-state index is 0.0324. The highest BCUT2D eigenvalue weighted by atomic mass is 16.5. The highest BCUT2D eigenvalue weighted by Crippen LogP contribution is 2.43. The third-order valence-corrected chi connectivity index (χ3v) is 4.91. The zero-order valence-corrected chi connectivity index (χ0v) is 13.1. The average molecular weight is 292 g/mol. The summed E-state index contributed by atoms with van der Waals surface area (Å²) in [6.45, 7) is 8.05. The van der Waals surface area contributed by atoms with Gasteiger partial charge in [-0.15, -0.1) is 0 Å². The summed E-state index contributed by atoms with van der Waals surface area (Å²) in [5.74, 6) is 1.03. The maximum Gasteiger partial charge on any atom is 0.303 e. The summed E-state index contributed by atoms with van der Waals surface area (Å²) in [6.07, 6.45) is 3.62. The number of hydrogen-bond acceptors (Lipinski definition) is 4. The Morgan fingerprint density at radius 2 is 2.19 bits per heavy atom. The predicted octanol–water partition coefficient (Wildman–Crippen LogP) is 2.94. The summed E-state index contributed by atoms with van der Waals surface area (Å²) >= 11 is 0. The average Bonchev–Trinajstić information content (AvgIpc) is 3.08. The van der Waals surface area contributed by atoms with Crippen molar-refractivity contribution in [3.05, 3.63) is 17.0 Å². The van der Waals surface area contributed by atoms with Crippen LogP contribution < -0.4 is 0 Å². The van der Waals surface area contributed by atoms with Crippen molar-refractivity contribution < 1.29 is 14.4 Å². The molecule has 0 radical (unpaired) electrons. The number of carbonyl (C=O) groups is 1. The molecule has 1 N–H and O–H groups in total. The summed E-state index contributed by atoms with van der Waals surface area (Å²) in [6, 6.07) is 0. The molecule has 5 heteroatoms. The molecule has 2 fully saturated rings. The van der Waals surface area contributed by atoms with Crippen LogP contribution in [0.5, 0.6) is 0 Å². The lowest BCUT2D eigenvalue weighted by atomic mass is 9.94. The Kier molecular flexibility index (Phi) is 3.56. The summed E-state index contributed by atoms with van der Waals surface area (Å²) in [7, 11) is 0. The van der Waals surface area contributed by atoms with Gasteiger partial charge in [0.1, 0.15) is 5.76 Å². The number of aromatic nitrogens is 1. The van der Waals surface area contributed by atoms with E-state index in [9.17, 15) is 4.79 Å². The van der Waals surface area contributed by atoms with Crippen molar-refractivity contribution in [3.63, 3.8) is 0 Å². The first-order valence-corrected chi connectivity index (χ1v) is 7.78. The van der Waals surface area contributed by atoms with E-state index in [-0.39, 0.29) is 17.9 Å². The number of aliphatic carboxylic acids is 1. The molecule has 1 atom stereocenters. The smallest absolute Gasteiger partial charge is 0.303 e. The minimum Gasteiger partial charge on any atom is -0.481 e. The zero-order chi connectivity index (χ0) is 15.2. The van der Waals surface area contributed by atoms with Crippen LogP contribution in [-0.2, 0) is 11.3 Å². The summed E-state index contributed by atoms with van der Waals surface area (Å²) in [5, 5.41) is 13.3. The van der Waals surface area contributed by atoms with Crippen molar-refractivity contribution >= 4 is 5.97 Å². The molecule has 1 aliphatic heterocycles. The van der Waals surface area contributed by atoms with E-state index >= 15 is 0 Å². The highest BCUT2D eigenvalue weighted by molar-refractivity contribution is 5.67. The van der Waals surface area contributed by atoms with Crippen molar-refractivity contribution in [2.45, 2.75) is 64.5 Å². The Labute approximate surface area is 125 Å². The van der Waals surface area contributed by atoms with Gasteiger partial charge in [0.05, 0.1) is 5.69 Å². The molecule has 1 saturated heterocycles. The molecule has 0 aromatic carbocycles. The highest BCUT2D eigenvalue weighted by Gasteiger charge is 2.40. The van der Waals surface area contributed by atoms with Crippen molar-refractivity contribution in [1.29, 1.82) is 0 Å². The van der Waals surface area contributed by atoms with Crippen LogP contribution >= 0.6 is 0 Å². The molecule has 1 saturated carbocycles. The van der Waals surface area contributed by atoms with Gasteiger partial charge in [-0.25, -0.2) is 0 Å². The van der Waals surface area contributed by atoms with Crippen LogP contribution in [-0.4, -0.2) is 33.2 Å². The van der Waals surface area contributed by atoms with Crippen LogP contribution in [0.25, 0.3) is 0 Å². The van der Waals surface area contributed by atoms with Gasteiger partial charge in [-0.3, -0.25) is 9.69 Å². The van der Waals surface area contributed by atoms with E-state index in [2.05, 4.69) is 23.9 Å². The Morgan fingerprint density at radius 3 is 2.81 bits per heavy atom. The molecule has 3 rings (SSSR count). The third-order valence-electron chi connectivity index (χ3n) is 4.91. The number of carboxylic acids is 1. The second kappa shape index (κ2) is 5.13.